The minimum Gasteiger partial charge on any atom is -0.453 e. The van der Waals surface area contributed by atoms with Crippen LogP contribution in [-0.4, -0.2) is 44.7 Å². The van der Waals surface area contributed by atoms with Crippen LogP contribution < -0.4 is 10.3 Å². The standard InChI is InChI=1S/C10H12N2O5/c1-4-2-12-9-7(6(14)5(3-13)16-9)17-10(12)11-8(4)15/h2,5-7,9,13-14H,3H2,1H3/t5-,6-,7?,9?/m0/s1. The molecule has 2 unspecified atom stereocenters. The summed E-state index contributed by atoms with van der Waals surface area (Å²) in [5.41, 5.74) is 0.118. The largest absolute Gasteiger partial charge is 0.453 e. The molecule has 3 rings (SSSR count). The van der Waals surface area contributed by atoms with Crippen molar-refractivity contribution >= 4 is 0 Å². The van der Waals surface area contributed by atoms with Crippen LogP contribution in [0.2, 0.25) is 0 Å². The summed E-state index contributed by atoms with van der Waals surface area (Å²) in [6.45, 7) is 1.37. The normalized spacial score (nSPS) is 34.3. The highest BCUT2D eigenvalue weighted by molar-refractivity contribution is 5.15. The smallest absolute Gasteiger partial charge is 0.302 e. The van der Waals surface area contributed by atoms with Crippen molar-refractivity contribution in [3.05, 3.63) is 22.1 Å². The molecule has 0 radical (unpaired) electrons. The van der Waals surface area contributed by atoms with E-state index in [1.54, 1.807) is 17.7 Å². The molecule has 0 spiro atoms. The average Bonchev–Trinajstić information content (AvgIpc) is 2.78. The van der Waals surface area contributed by atoms with Crippen LogP contribution in [0.4, 0.5) is 0 Å². The van der Waals surface area contributed by atoms with Gasteiger partial charge in [0.1, 0.15) is 12.2 Å². The Bertz CT molecular complexity index is 514. The first kappa shape index (κ1) is 10.7. The number of aliphatic hydroxyl groups excluding tert-OH is 2. The van der Waals surface area contributed by atoms with Crippen LogP contribution in [0.15, 0.2) is 11.0 Å². The average molecular weight is 240 g/mol. The zero-order valence-corrected chi connectivity index (χ0v) is 9.11. The van der Waals surface area contributed by atoms with Crippen LogP contribution in [0.3, 0.4) is 0 Å². The molecule has 17 heavy (non-hydrogen) atoms. The van der Waals surface area contributed by atoms with Gasteiger partial charge >= 0.3 is 6.01 Å². The van der Waals surface area contributed by atoms with Gasteiger partial charge in [0.15, 0.2) is 12.3 Å². The Hall–Kier alpha value is -1.44. The first-order valence-electron chi connectivity index (χ1n) is 5.32. The van der Waals surface area contributed by atoms with E-state index >= 15 is 0 Å². The summed E-state index contributed by atoms with van der Waals surface area (Å²) >= 11 is 0. The lowest BCUT2D eigenvalue weighted by Crippen LogP contribution is -2.34. The maximum absolute atomic E-state index is 11.4. The first-order chi connectivity index (χ1) is 8.11. The van der Waals surface area contributed by atoms with Gasteiger partial charge < -0.3 is 19.7 Å². The Morgan fingerprint density at radius 2 is 2.35 bits per heavy atom. The summed E-state index contributed by atoms with van der Waals surface area (Å²) in [5, 5.41) is 18.9. The fourth-order valence-corrected chi connectivity index (χ4v) is 2.16. The third kappa shape index (κ3) is 1.40. The van der Waals surface area contributed by atoms with Crippen LogP contribution >= 0.6 is 0 Å². The quantitative estimate of drug-likeness (QED) is 0.624. The summed E-state index contributed by atoms with van der Waals surface area (Å²) in [6, 6.07) is 0.144. The van der Waals surface area contributed by atoms with Crippen molar-refractivity contribution in [3.63, 3.8) is 0 Å². The van der Waals surface area contributed by atoms with E-state index < -0.39 is 24.5 Å². The van der Waals surface area contributed by atoms with Crippen LogP contribution in [-0.2, 0) is 4.74 Å². The van der Waals surface area contributed by atoms with Gasteiger partial charge in [-0.25, -0.2) is 0 Å². The van der Waals surface area contributed by atoms with Crippen molar-refractivity contribution in [3.8, 4) is 6.01 Å². The monoisotopic (exact) mass is 240 g/mol. The van der Waals surface area contributed by atoms with E-state index in [2.05, 4.69) is 4.98 Å². The van der Waals surface area contributed by atoms with Gasteiger partial charge in [0.25, 0.3) is 5.56 Å². The van der Waals surface area contributed by atoms with Crippen LogP contribution in [0.1, 0.15) is 11.8 Å². The molecule has 0 aliphatic carbocycles. The molecule has 4 atom stereocenters. The summed E-state index contributed by atoms with van der Waals surface area (Å²) in [4.78, 5) is 15.1. The summed E-state index contributed by atoms with van der Waals surface area (Å²) in [5.74, 6) is 0. The maximum atomic E-state index is 11.4. The second-order valence-corrected chi connectivity index (χ2v) is 4.24. The Labute approximate surface area is 96.2 Å². The molecule has 0 aromatic carbocycles. The van der Waals surface area contributed by atoms with Gasteiger partial charge in [-0.2, -0.15) is 4.98 Å². The first-order valence-corrected chi connectivity index (χ1v) is 5.32. The predicted octanol–water partition coefficient (Wildman–Crippen LogP) is -1.44. The van der Waals surface area contributed by atoms with E-state index in [9.17, 15) is 9.90 Å². The lowest BCUT2D eigenvalue weighted by Gasteiger charge is -2.14. The second-order valence-electron chi connectivity index (χ2n) is 4.24. The lowest BCUT2D eigenvalue weighted by molar-refractivity contribution is -0.0435. The number of ether oxygens (including phenoxy) is 2. The molecular formula is C10H12N2O5. The van der Waals surface area contributed by atoms with Crippen molar-refractivity contribution in [2.45, 2.75) is 31.5 Å². The molecule has 2 aliphatic heterocycles. The predicted molar refractivity (Wildman–Crippen MR) is 54.7 cm³/mol. The van der Waals surface area contributed by atoms with E-state index in [1.807, 2.05) is 0 Å². The number of nitrogens with zero attached hydrogens (tertiary/aromatic N) is 2. The van der Waals surface area contributed by atoms with Gasteiger partial charge in [0.2, 0.25) is 0 Å². The lowest BCUT2D eigenvalue weighted by atomic mass is 10.1. The van der Waals surface area contributed by atoms with Crippen LogP contribution in [0, 0.1) is 6.92 Å². The Balaban J connectivity index is 2.02. The number of hydrogen-bond donors (Lipinski definition) is 2. The highest BCUT2D eigenvalue weighted by Crippen LogP contribution is 2.38. The van der Waals surface area contributed by atoms with Gasteiger partial charge in [0, 0.05) is 11.8 Å². The molecule has 1 aromatic heterocycles. The Kier molecular flexibility index (Phi) is 2.22. The second kappa shape index (κ2) is 3.52. The van der Waals surface area contributed by atoms with Crippen molar-refractivity contribution in [1.29, 1.82) is 0 Å². The van der Waals surface area contributed by atoms with Crippen molar-refractivity contribution in [1.82, 2.24) is 9.55 Å². The van der Waals surface area contributed by atoms with Crippen LogP contribution in [0.5, 0.6) is 6.01 Å². The van der Waals surface area contributed by atoms with Gasteiger partial charge in [-0.05, 0) is 6.92 Å². The van der Waals surface area contributed by atoms with Crippen molar-refractivity contribution < 1.29 is 19.7 Å². The highest BCUT2D eigenvalue weighted by atomic mass is 16.6. The number of aliphatic hydroxyl groups is 2. The number of rotatable bonds is 1. The summed E-state index contributed by atoms with van der Waals surface area (Å²) in [6.07, 6.45) is -1.17. The third-order valence-corrected chi connectivity index (χ3v) is 3.10. The fourth-order valence-electron chi connectivity index (χ4n) is 2.16. The molecule has 1 fully saturated rings. The molecule has 0 amide bonds. The fraction of sp³-hybridized carbons (Fsp3) is 0.600. The van der Waals surface area contributed by atoms with E-state index in [0.29, 0.717) is 5.56 Å². The molecule has 2 aliphatic rings. The van der Waals surface area contributed by atoms with Gasteiger partial charge in [-0.15, -0.1) is 0 Å². The van der Waals surface area contributed by atoms with Gasteiger partial charge in [-0.1, -0.05) is 0 Å². The topological polar surface area (TPSA) is 93.8 Å². The van der Waals surface area contributed by atoms with Gasteiger partial charge in [-0.3, -0.25) is 9.36 Å². The minimum atomic E-state index is -0.929. The minimum absolute atomic E-state index is 0.144. The van der Waals surface area contributed by atoms with E-state index in [4.69, 9.17) is 14.6 Å². The molecule has 7 nitrogen and oxygen atoms in total. The number of aromatic nitrogens is 2. The zero-order valence-electron chi connectivity index (χ0n) is 9.11. The maximum Gasteiger partial charge on any atom is 0.302 e. The Morgan fingerprint density at radius 1 is 1.59 bits per heavy atom. The molecule has 3 heterocycles. The van der Waals surface area contributed by atoms with E-state index in [-0.39, 0.29) is 18.2 Å². The molecular weight excluding hydrogens is 228 g/mol. The van der Waals surface area contributed by atoms with E-state index in [0.717, 1.165) is 0 Å². The third-order valence-electron chi connectivity index (χ3n) is 3.10. The van der Waals surface area contributed by atoms with Crippen molar-refractivity contribution in [2.24, 2.45) is 0 Å². The number of hydrogen-bond acceptors (Lipinski definition) is 6. The van der Waals surface area contributed by atoms with Crippen molar-refractivity contribution in [2.75, 3.05) is 6.61 Å². The summed E-state index contributed by atoms with van der Waals surface area (Å²) in [7, 11) is 0. The molecule has 0 bridgehead atoms. The summed E-state index contributed by atoms with van der Waals surface area (Å²) < 4.78 is 12.4. The Morgan fingerprint density at radius 3 is 3.06 bits per heavy atom. The molecule has 92 valence electrons. The molecule has 0 saturated carbocycles. The van der Waals surface area contributed by atoms with Gasteiger partial charge in [0.05, 0.1) is 6.61 Å². The molecule has 1 aromatic rings. The molecule has 7 heteroatoms. The SMILES string of the molecule is Cc1cn2c(nc1=O)OC1C2O[C@@H](CO)[C@@H]1O. The number of fused-ring (bicyclic) bond motifs is 3. The molecule has 1 saturated heterocycles. The number of aryl methyl sites for hydroxylation is 1. The zero-order chi connectivity index (χ0) is 12.2. The molecule has 2 N–H and O–H groups in total. The van der Waals surface area contributed by atoms with Crippen LogP contribution in [0.25, 0.3) is 0 Å². The van der Waals surface area contributed by atoms with E-state index in [1.165, 1.54) is 0 Å². The highest BCUT2D eigenvalue weighted by Gasteiger charge is 2.50.